The number of fused-ring (bicyclic) bond motifs is 1. The number of aromatic amines is 1. The number of nitrogens with two attached hydrogens (primary N) is 1. The van der Waals surface area contributed by atoms with Crippen molar-refractivity contribution in [3.8, 4) is 11.6 Å². The molecule has 4 N–H and O–H groups in total. The first-order chi connectivity index (χ1) is 16.9. The monoisotopic (exact) mass is 480 g/mol. The molecule has 0 spiro atoms. The normalized spacial score (nSPS) is 14.5. The number of nitrogens with zero attached hydrogens (tertiary/aromatic N) is 5. The Morgan fingerprint density at radius 2 is 1.91 bits per heavy atom. The fourth-order valence-corrected chi connectivity index (χ4v) is 4.16. The molecule has 0 atom stereocenters. The SMILES string of the molecule is CCN1CCN(c2ccc(Nc3ncnc(Oc4cc(F)c5[nH]c(C)cc5c4F)c3N)nc2)CC1. The summed E-state index contributed by atoms with van der Waals surface area (Å²) < 4.78 is 34.9. The molecule has 0 radical (unpaired) electrons. The van der Waals surface area contributed by atoms with Gasteiger partial charge in [-0.1, -0.05) is 6.92 Å². The molecule has 9 nitrogen and oxygen atoms in total. The van der Waals surface area contributed by atoms with Crippen LogP contribution in [0, 0.1) is 18.6 Å². The molecule has 4 aromatic rings. The molecular formula is C24H26F2N8O. The van der Waals surface area contributed by atoms with Crippen LogP contribution >= 0.6 is 0 Å². The number of aromatic nitrogens is 4. The molecule has 5 rings (SSSR count). The molecule has 11 heteroatoms. The third-order valence-electron chi connectivity index (χ3n) is 6.13. The lowest BCUT2D eigenvalue weighted by atomic mass is 10.2. The van der Waals surface area contributed by atoms with Gasteiger partial charge in [-0.2, -0.15) is 4.98 Å². The topological polar surface area (TPSA) is 108 Å². The van der Waals surface area contributed by atoms with E-state index in [1.54, 1.807) is 13.1 Å². The Bertz CT molecular complexity index is 1350. The third-order valence-corrected chi connectivity index (χ3v) is 6.13. The maximum atomic E-state index is 14.9. The molecular weight excluding hydrogens is 454 g/mol. The lowest BCUT2D eigenvalue weighted by Gasteiger charge is -2.35. The van der Waals surface area contributed by atoms with Gasteiger partial charge in [0.25, 0.3) is 0 Å². The van der Waals surface area contributed by atoms with E-state index < -0.39 is 11.6 Å². The first-order valence-corrected chi connectivity index (χ1v) is 11.4. The number of H-pyrrole nitrogens is 1. The summed E-state index contributed by atoms with van der Waals surface area (Å²) in [6.07, 6.45) is 3.02. The average Bonchev–Trinajstić information content (AvgIpc) is 3.28. The molecule has 182 valence electrons. The van der Waals surface area contributed by atoms with Gasteiger partial charge in [-0.15, -0.1) is 0 Å². The average molecular weight is 481 g/mol. The van der Waals surface area contributed by atoms with Crippen LogP contribution in [0.1, 0.15) is 12.6 Å². The fourth-order valence-electron chi connectivity index (χ4n) is 4.16. The van der Waals surface area contributed by atoms with Crippen LogP contribution in [0.3, 0.4) is 0 Å². The number of nitrogens with one attached hydrogen (secondary N) is 2. The van der Waals surface area contributed by atoms with Gasteiger partial charge in [0.15, 0.2) is 23.2 Å². The second kappa shape index (κ2) is 9.34. The van der Waals surface area contributed by atoms with Crippen LogP contribution in [0.4, 0.5) is 31.8 Å². The van der Waals surface area contributed by atoms with E-state index in [1.165, 1.54) is 12.4 Å². The largest absolute Gasteiger partial charge is 0.434 e. The van der Waals surface area contributed by atoms with Crippen molar-refractivity contribution in [2.75, 3.05) is 48.7 Å². The second-order valence-electron chi connectivity index (χ2n) is 8.40. The minimum Gasteiger partial charge on any atom is -0.434 e. The summed E-state index contributed by atoms with van der Waals surface area (Å²) in [7, 11) is 0. The number of rotatable bonds is 6. The molecule has 0 bridgehead atoms. The Labute approximate surface area is 200 Å². The van der Waals surface area contributed by atoms with Crippen molar-refractivity contribution < 1.29 is 13.5 Å². The number of ether oxygens (including phenoxy) is 1. The molecule has 0 amide bonds. The Kier molecular flexibility index (Phi) is 6.08. The standard InChI is InChI=1S/C24H26F2N8O/c1-3-33-6-8-34(9-7-33)15-4-5-19(28-12-15)32-23-21(27)24(30-13-29-23)35-18-11-17(25)22-16(20(18)26)10-14(2)31-22/h4-5,10-13,31H,3,6-9,27H2,1-2H3,(H,28,29,30,32). The molecule has 35 heavy (non-hydrogen) atoms. The summed E-state index contributed by atoms with van der Waals surface area (Å²) in [5.41, 5.74) is 7.97. The molecule has 3 aromatic heterocycles. The summed E-state index contributed by atoms with van der Waals surface area (Å²) in [6, 6.07) is 6.29. The number of halogens is 2. The number of hydrogen-bond donors (Lipinski definition) is 3. The lowest BCUT2D eigenvalue weighted by Crippen LogP contribution is -2.46. The van der Waals surface area contributed by atoms with Crippen molar-refractivity contribution in [2.24, 2.45) is 0 Å². The highest BCUT2D eigenvalue weighted by molar-refractivity contribution is 5.83. The highest BCUT2D eigenvalue weighted by Crippen LogP contribution is 2.35. The van der Waals surface area contributed by atoms with Crippen molar-refractivity contribution in [1.82, 2.24) is 24.8 Å². The maximum Gasteiger partial charge on any atom is 0.248 e. The summed E-state index contributed by atoms with van der Waals surface area (Å²) in [4.78, 5) is 20.1. The first-order valence-electron chi connectivity index (χ1n) is 11.4. The van der Waals surface area contributed by atoms with E-state index in [0.29, 0.717) is 11.5 Å². The Morgan fingerprint density at radius 3 is 2.63 bits per heavy atom. The van der Waals surface area contributed by atoms with Crippen molar-refractivity contribution in [2.45, 2.75) is 13.8 Å². The fraction of sp³-hybridized carbons (Fsp3) is 0.292. The zero-order valence-electron chi connectivity index (χ0n) is 19.5. The number of aryl methyl sites for hydroxylation is 1. The van der Waals surface area contributed by atoms with Gasteiger partial charge in [0.1, 0.15) is 17.8 Å². The Morgan fingerprint density at radius 1 is 1.11 bits per heavy atom. The van der Waals surface area contributed by atoms with E-state index in [4.69, 9.17) is 10.5 Å². The summed E-state index contributed by atoms with van der Waals surface area (Å²) in [6.45, 7) is 8.90. The van der Waals surface area contributed by atoms with E-state index >= 15 is 0 Å². The van der Waals surface area contributed by atoms with Crippen molar-refractivity contribution in [1.29, 1.82) is 0 Å². The molecule has 1 aliphatic rings. The van der Waals surface area contributed by atoms with Gasteiger partial charge in [0.2, 0.25) is 5.88 Å². The van der Waals surface area contributed by atoms with Gasteiger partial charge in [0.05, 0.1) is 17.4 Å². The molecule has 1 aromatic carbocycles. The van der Waals surface area contributed by atoms with Gasteiger partial charge < -0.3 is 30.6 Å². The smallest absolute Gasteiger partial charge is 0.248 e. The highest BCUT2D eigenvalue weighted by atomic mass is 19.1. The third kappa shape index (κ3) is 4.54. The minimum absolute atomic E-state index is 0.0409. The van der Waals surface area contributed by atoms with Crippen LogP contribution in [0.25, 0.3) is 10.9 Å². The van der Waals surface area contributed by atoms with Gasteiger partial charge >= 0.3 is 0 Å². The summed E-state index contributed by atoms with van der Waals surface area (Å²) >= 11 is 0. The Hall–Kier alpha value is -3.99. The summed E-state index contributed by atoms with van der Waals surface area (Å²) in [5, 5.41) is 3.12. The predicted molar refractivity (Wildman–Crippen MR) is 131 cm³/mol. The maximum absolute atomic E-state index is 14.9. The van der Waals surface area contributed by atoms with Crippen LogP contribution in [-0.2, 0) is 0 Å². The predicted octanol–water partition coefficient (Wildman–Crippen LogP) is 4.20. The van der Waals surface area contributed by atoms with E-state index in [2.05, 4.69) is 42.0 Å². The quantitative estimate of drug-likeness (QED) is 0.377. The van der Waals surface area contributed by atoms with Crippen molar-refractivity contribution in [3.05, 3.63) is 54.1 Å². The van der Waals surface area contributed by atoms with Gasteiger partial charge in [0, 0.05) is 43.3 Å². The number of nitrogen functional groups attached to an aromatic ring is 1. The van der Waals surface area contributed by atoms with Crippen LogP contribution in [-0.4, -0.2) is 57.6 Å². The number of hydrogen-bond acceptors (Lipinski definition) is 8. The van der Waals surface area contributed by atoms with Crippen LogP contribution in [0.2, 0.25) is 0 Å². The zero-order chi connectivity index (χ0) is 24.5. The number of benzene rings is 1. The van der Waals surface area contributed by atoms with Gasteiger partial charge in [-0.3, -0.25) is 0 Å². The lowest BCUT2D eigenvalue weighted by molar-refractivity contribution is 0.271. The van der Waals surface area contributed by atoms with Crippen LogP contribution < -0.4 is 20.7 Å². The molecule has 0 aliphatic carbocycles. The molecule has 1 fully saturated rings. The molecule has 1 aliphatic heterocycles. The summed E-state index contributed by atoms with van der Waals surface area (Å²) in [5.74, 6) is -1.01. The first kappa shape index (κ1) is 22.8. The number of likely N-dealkylation sites (N-methyl/N-ethyl adjacent to an activating group) is 1. The Balaban J connectivity index is 1.33. The number of piperazine rings is 1. The van der Waals surface area contributed by atoms with E-state index in [-0.39, 0.29) is 34.0 Å². The van der Waals surface area contributed by atoms with Crippen LogP contribution in [0.5, 0.6) is 11.6 Å². The minimum atomic E-state index is -0.713. The van der Waals surface area contributed by atoms with E-state index in [1.807, 2.05) is 12.1 Å². The van der Waals surface area contributed by atoms with Gasteiger partial charge in [-0.25, -0.2) is 18.7 Å². The second-order valence-corrected chi connectivity index (χ2v) is 8.40. The van der Waals surface area contributed by atoms with Crippen molar-refractivity contribution >= 4 is 33.9 Å². The van der Waals surface area contributed by atoms with Crippen LogP contribution in [0.15, 0.2) is 36.8 Å². The molecule has 4 heterocycles. The van der Waals surface area contributed by atoms with Crippen molar-refractivity contribution in [3.63, 3.8) is 0 Å². The highest BCUT2D eigenvalue weighted by Gasteiger charge is 2.19. The molecule has 1 saturated heterocycles. The zero-order valence-corrected chi connectivity index (χ0v) is 19.5. The molecule has 0 saturated carbocycles. The molecule has 0 unspecified atom stereocenters. The number of pyridine rings is 1. The van der Waals surface area contributed by atoms with E-state index in [0.717, 1.165) is 44.5 Å². The van der Waals surface area contributed by atoms with Gasteiger partial charge in [-0.05, 0) is 31.7 Å². The van der Waals surface area contributed by atoms with E-state index in [9.17, 15) is 8.78 Å². The number of anilines is 4.